The highest BCUT2D eigenvalue weighted by Gasteiger charge is 2.75. The molecule has 0 aromatic heterocycles. The molecular weight excluding hydrogens is 855 g/mol. The number of hydrogen-bond acceptors (Lipinski definition) is 12. The number of anilines is 3. The van der Waals surface area contributed by atoms with Crippen molar-refractivity contribution in [3.63, 3.8) is 0 Å². The summed E-state index contributed by atoms with van der Waals surface area (Å²) in [6.07, 6.45) is -0.911. The van der Waals surface area contributed by atoms with E-state index in [1.165, 1.54) is 7.11 Å². The summed E-state index contributed by atoms with van der Waals surface area (Å²) >= 11 is 0. The van der Waals surface area contributed by atoms with Crippen molar-refractivity contribution >= 4 is 46.8 Å². The molecule has 4 heterocycles. The molecule has 67 heavy (non-hydrogen) atoms. The minimum Gasteiger partial charge on any atom is -0.491 e. The second-order valence-corrected chi connectivity index (χ2v) is 17.4. The molecule has 15 nitrogen and oxygen atoms in total. The van der Waals surface area contributed by atoms with Crippen LogP contribution in [0.25, 0.3) is 0 Å². The highest BCUT2D eigenvalue weighted by Crippen LogP contribution is 2.66. The number of fused-ring (bicyclic) bond motifs is 3. The molecule has 4 amide bonds. The molecule has 7 unspecified atom stereocenters. The van der Waals surface area contributed by atoms with E-state index in [-0.39, 0.29) is 18.9 Å². The number of nitrogens with zero attached hydrogens (tertiary/aromatic N) is 3. The fourth-order valence-corrected chi connectivity index (χ4v) is 10.4. The largest absolute Gasteiger partial charge is 0.491 e. The Morgan fingerprint density at radius 3 is 2.07 bits per heavy atom. The third-order valence-corrected chi connectivity index (χ3v) is 13.3. The van der Waals surface area contributed by atoms with E-state index < -0.39 is 77.3 Å². The number of imide groups is 1. The first kappa shape index (κ1) is 45.1. The number of para-hydroxylation sites is 1. The lowest BCUT2D eigenvalue weighted by Gasteiger charge is -2.46. The second-order valence-electron chi connectivity index (χ2n) is 17.4. The van der Waals surface area contributed by atoms with Crippen molar-refractivity contribution in [1.29, 1.82) is 0 Å². The van der Waals surface area contributed by atoms with Crippen LogP contribution in [0.1, 0.15) is 54.3 Å². The lowest BCUT2D eigenvalue weighted by molar-refractivity contribution is -0.177. The Bertz CT molecular complexity index is 2610. The number of hydrogen-bond donors (Lipinski definition) is 3. The Morgan fingerprint density at radius 1 is 0.791 bits per heavy atom. The summed E-state index contributed by atoms with van der Waals surface area (Å²) in [5.41, 5.74) is 1.86. The van der Waals surface area contributed by atoms with Crippen LogP contribution in [0.4, 0.5) is 21.9 Å². The Labute approximate surface area is 388 Å². The molecule has 3 N–H and O–H groups in total. The van der Waals surface area contributed by atoms with Crippen LogP contribution in [0, 0.1) is 11.8 Å². The summed E-state index contributed by atoms with van der Waals surface area (Å²) in [7, 11) is 1.22. The predicted octanol–water partition coefficient (Wildman–Crippen LogP) is 6.11. The number of methoxy groups -OCH3 is 1. The normalized spacial score (nSPS) is 23.9. The van der Waals surface area contributed by atoms with Crippen LogP contribution < -0.4 is 25.2 Å². The number of carbonyl (C=O) groups excluding carboxylic acids is 5. The minimum absolute atomic E-state index is 0.0378. The van der Waals surface area contributed by atoms with Crippen LogP contribution in [-0.4, -0.2) is 98.5 Å². The van der Waals surface area contributed by atoms with E-state index in [0.29, 0.717) is 54.4 Å². The molecule has 5 aromatic rings. The molecule has 346 valence electrons. The van der Waals surface area contributed by atoms with E-state index >= 15 is 14.4 Å². The minimum atomic E-state index is -2.00. The van der Waals surface area contributed by atoms with Crippen LogP contribution in [0.15, 0.2) is 133 Å². The van der Waals surface area contributed by atoms with E-state index in [1.807, 2.05) is 77.7 Å². The van der Waals surface area contributed by atoms with Gasteiger partial charge in [0.05, 0.1) is 50.6 Å². The third-order valence-electron chi connectivity index (χ3n) is 13.3. The van der Waals surface area contributed by atoms with E-state index in [1.54, 1.807) is 74.5 Å². The molecule has 0 bridgehead atoms. The molecular formula is C52H53N5O10. The number of ether oxygens (including phenoxy) is 4. The number of amides is 4. The van der Waals surface area contributed by atoms with Crippen LogP contribution in [0.5, 0.6) is 5.75 Å². The zero-order valence-electron chi connectivity index (χ0n) is 37.4. The van der Waals surface area contributed by atoms with Crippen LogP contribution in [0.3, 0.4) is 0 Å². The van der Waals surface area contributed by atoms with Gasteiger partial charge in [-0.1, -0.05) is 105 Å². The monoisotopic (exact) mass is 907 g/mol. The molecule has 0 radical (unpaired) electrons. The number of esters is 2. The molecule has 5 aromatic carbocycles. The summed E-state index contributed by atoms with van der Waals surface area (Å²) in [5.74, 6) is -4.37. The lowest BCUT2D eigenvalue weighted by Crippen LogP contribution is -2.57. The zero-order chi connectivity index (χ0) is 46.8. The van der Waals surface area contributed by atoms with Crippen molar-refractivity contribution in [3.8, 4) is 5.75 Å². The predicted molar refractivity (Wildman–Crippen MR) is 248 cm³/mol. The van der Waals surface area contributed by atoms with Crippen LogP contribution in [0.2, 0.25) is 0 Å². The quantitative estimate of drug-likeness (QED) is 0.123. The van der Waals surface area contributed by atoms with Crippen molar-refractivity contribution in [2.24, 2.45) is 11.8 Å². The van der Waals surface area contributed by atoms with Gasteiger partial charge in [-0.25, -0.2) is 14.5 Å². The smallest absolute Gasteiger partial charge is 0.329 e. The molecule has 4 aliphatic heterocycles. The fraction of sp³-hybridized carbons (Fsp3) is 0.327. The van der Waals surface area contributed by atoms with Gasteiger partial charge < -0.3 is 39.6 Å². The summed E-state index contributed by atoms with van der Waals surface area (Å²) in [6, 6.07) is 34.7. The molecule has 0 aliphatic carbocycles. The van der Waals surface area contributed by atoms with Gasteiger partial charge in [0.25, 0.3) is 0 Å². The number of nitrogens with one attached hydrogen (secondary N) is 2. The van der Waals surface area contributed by atoms with Crippen LogP contribution in [-0.2, 0) is 38.8 Å². The first-order valence-corrected chi connectivity index (χ1v) is 22.6. The molecule has 1 spiro atoms. The molecule has 0 saturated carbocycles. The standard InChI is InChI=1S/C52H53N5O10/c1-32(2)42(48(60)64-3)54-51(63)56-40-17-11-10-16-39(40)52(50(56)62)41(47(59)53-36-20-22-37(23-21-36)55-26-29-65-30-27-55)44-49(61)67-45(34-14-8-5-9-15-34)43(33-12-6-4-7-13-33)57(44)46(52)35-18-24-38(25-19-35)66-31-28-58/h4-25,32,41-46,58H,26-31H2,1-3H3,(H,53,59)(H,54,63). The molecule has 9 rings (SSSR count). The Hall–Kier alpha value is -7.07. The first-order valence-electron chi connectivity index (χ1n) is 22.6. The summed E-state index contributed by atoms with van der Waals surface area (Å²) in [5, 5.41) is 15.4. The number of urea groups is 1. The number of aliphatic hydroxyl groups is 1. The number of rotatable bonds is 12. The van der Waals surface area contributed by atoms with Gasteiger partial charge in [-0.15, -0.1) is 0 Å². The van der Waals surface area contributed by atoms with E-state index in [4.69, 9.17) is 18.9 Å². The maximum Gasteiger partial charge on any atom is 0.329 e. The molecule has 4 aliphatic rings. The maximum atomic E-state index is 16.4. The summed E-state index contributed by atoms with van der Waals surface area (Å²) < 4.78 is 23.0. The van der Waals surface area contributed by atoms with Crippen molar-refractivity contribution in [1.82, 2.24) is 10.2 Å². The van der Waals surface area contributed by atoms with Crippen LogP contribution >= 0.6 is 0 Å². The van der Waals surface area contributed by atoms with Crippen molar-refractivity contribution < 1.29 is 48.0 Å². The third kappa shape index (κ3) is 8.06. The Morgan fingerprint density at radius 2 is 1.43 bits per heavy atom. The SMILES string of the molecule is COC(=O)C(NC(=O)N1C(=O)C2(c3ccccc31)C(C(=O)Nc1ccc(N3CCOCC3)cc1)C1C(=O)OC(c3ccccc3)C(c3ccccc3)N1C2c1ccc(OCCO)cc1)C(C)C. The van der Waals surface area contributed by atoms with Gasteiger partial charge in [0.15, 0.2) is 0 Å². The average molecular weight is 908 g/mol. The number of aliphatic hydroxyl groups excluding tert-OH is 1. The topological polar surface area (TPSA) is 176 Å². The summed E-state index contributed by atoms with van der Waals surface area (Å²) in [6.45, 7) is 5.92. The molecule has 3 fully saturated rings. The summed E-state index contributed by atoms with van der Waals surface area (Å²) in [4.78, 5) is 80.5. The van der Waals surface area contributed by atoms with Crippen molar-refractivity contribution in [3.05, 3.63) is 156 Å². The second kappa shape index (κ2) is 19.0. The maximum absolute atomic E-state index is 16.4. The van der Waals surface area contributed by atoms with Crippen molar-refractivity contribution in [2.45, 2.75) is 49.5 Å². The van der Waals surface area contributed by atoms with Gasteiger partial charge in [-0.2, -0.15) is 0 Å². The van der Waals surface area contributed by atoms with E-state index in [9.17, 15) is 14.7 Å². The number of carbonyl (C=O) groups is 5. The van der Waals surface area contributed by atoms with Gasteiger partial charge >= 0.3 is 18.0 Å². The van der Waals surface area contributed by atoms with Gasteiger partial charge in [0, 0.05) is 24.5 Å². The van der Waals surface area contributed by atoms with Gasteiger partial charge in [0.1, 0.15) is 36.0 Å². The highest BCUT2D eigenvalue weighted by atomic mass is 16.6. The molecule has 7 atom stereocenters. The van der Waals surface area contributed by atoms with Gasteiger partial charge in [-0.3, -0.25) is 19.3 Å². The first-order chi connectivity index (χ1) is 32.6. The number of morpholine rings is 2. The van der Waals surface area contributed by atoms with Gasteiger partial charge in [-0.05, 0) is 70.6 Å². The number of benzene rings is 5. The Kier molecular flexibility index (Phi) is 12.8. The zero-order valence-corrected chi connectivity index (χ0v) is 37.4. The lowest BCUT2D eigenvalue weighted by atomic mass is 9.65. The number of cyclic esters (lactones) is 1. The van der Waals surface area contributed by atoms with Crippen molar-refractivity contribution in [2.75, 3.05) is 61.7 Å². The highest BCUT2D eigenvalue weighted by molar-refractivity contribution is 6.25. The molecule has 3 saturated heterocycles. The Balaban J connectivity index is 1.28. The van der Waals surface area contributed by atoms with E-state index in [2.05, 4.69) is 15.5 Å². The fourth-order valence-electron chi connectivity index (χ4n) is 10.4. The van der Waals surface area contributed by atoms with Gasteiger partial charge in [0.2, 0.25) is 11.8 Å². The van der Waals surface area contributed by atoms with E-state index in [0.717, 1.165) is 16.2 Å². The molecule has 15 heteroatoms. The average Bonchev–Trinajstić information content (AvgIpc) is 3.82.